The second kappa shape index (κ2) is 7.30. The fraction of sp³-hybridized carbons (Fsp3) is 0.500. The van der Waals surface area contributed by atoms with E-state index in [4.69, 9.17) is 0 Å². The molecule has 2 aliphatic heterocycles. The third-order valence-electron chi connectivity index (χ3n) is 6.75. The van der Waals surface area contributed by atoms with Crippen LogP contribution >= 0.6 is 0 Å². The number of aromatic nitrogens is 2. The molecule has 4 heterocycles. The Hall–Kier alpha value is -2.67. The molecule has 2 aromatic rings. The maximum absolute atomic E-state index is 12.8. The molecular formula is C22H26N4O3. The first-order valence-corrected chi connectivity index (χ1v) is 10.6. The summed E-state index contributed by atoms with van der Waals surface area (Å²) in [6.45, 7) is 2.05. The van der Waals surface area contributed by atoms with Gasteiger partial charge in [0.1, 0.15) is 5.56 Å². The molecule has 3 aliphatic rings. The number of nitrogens with zero attached hydrogens (tertiary/aromatic N) is 1. The van der Waals surface area contributed by atoms with Crippen LogP contribution in [-0.2, 0) is 12.8 Å². The monoisotopic (exact) mass is 394 g/mol. The molecular weight excluding hydrogens is 368 g/mol. The van der Waals surface area contributed by atoms with Crippen LogP contribution in [0.25, 0.3) is 0 Å². The number of carbonyl (C=O) groups is 1. The van der Waals surface area contributed by atoms with Gasteiger partial charge in [0.05, 0.1) is 6.04 Å². The van der Waals surface area contributed by atoms with Gasteiger partial charge in [0, 0.05) is 43.0 Å². The van der Waals surface area contributed by atoms with Gasteiger partial charge in [-0.2, -0.15) is 0 Å². The molecule has 2 bridgehead atoms. The van der Waals surface area contributed by atoms with Gasteiger partial charge in [-0.1, -0.05) is 6.07 Å². The molecule has 0 radical (unpaired) electrons. The van der Waals surface area contributed by atoms with Crippen LogP contribution in [0, 0.1) is 5.92 Å². The first kappa shape index (κ1) is 18.4. The van der Waals surface area contributed by atoms with Crippen LogP contribution in [0.15, 0.2) is 33.9 Å². The van der Waals surface area contributed by atoms with E-state index in [-0.39, 0.29) is 34.5 Å². The van der Waals surface area contributed by atoms with E-state index in [0.29, 0.717) is 12.5 Å². The van der Waals surface area contributed by atoms with Crippen molar-refractivity contribution in [3.8, 4) is 0 Å². The van der Waals surface area contributed by atoms with Crippen LogP contribution in [0.5, 0.6) is 0 Å². The molecule has 7 nitrogen and oxygen atoms in total. The van der Waals surface area contributed by atoms with Crippen molar-refractivity contribution < 1.29 is 4.79 Å². The summed E-state index contributed by atoms with van der Waals surface area (Å²) < 4.78 is 1.86. The zero-order valence-corrected chi connectivity index (χ0v) is 16.4. The highest BCUT2D eigenvalue weighted by atomic mass is 16.2. The number of aryl methyl sites for hydroxylation is 2. The van der Waals surface area contributed by atoms with Crippen molar-refractivity contribution in [2.24, 2.45) is 5.92 Å². The van der Waals surface area contributed by atoms with Crippen molar-refractivity contribution in [1.29, 1.82) is 0 Å². The van der Waals surface area contributed by atoms with Gasteiger partial charge in [0.15, 0.2) is 0 Å². The van der Waals surface area contributed by atoms with Gasteiger partial charge in [-0.25, -0.2) is 0 Å². The van der Waals surface area contributed by atoms with Crippen LogP contribution in [0.2, 0.25) is 0 Å². The molecule has 2 aromatic heterocycles. The topological polar surface area (TPSA) is 96.0 Å². The van der Waals surface area contributed by atoms with Gasteiger partial charge in [-0.3, -0.25) is 14.4 Å². The number of nitrogens with one attached hydrogen (secondary N) is 3. The largest absolute Gasteiger partial charge is 0.350 e. The smallest absolute Gasteiger partial charge is 0.261 e. The molecule has 0 unspecified atom stereocenters. The van der Waals surface area contributed by atoms with Crippen LogP contribution < -0.4 is 21.8 Å². The van der Waals surface area contributed by atoms with Gasteiger partial charge < -0.3 is 20.2 Å². The Kier molecular flexibility index (Phi) is 4.62. The molecule has 7 heteroatoms. The van der Waals surface area contributed by atoms with Crippen molar-refractivity contribution in [2.45, 2.75) is 44.1 Å². The highest BCUT2D eigenvalue weighted by Crippen LogP contribution is 2.38. The Labute approximate surface area is 168 Å². The number of pyridine rings is 2. The molecule has 3 atom stereocenters. The number of hydrogen-bond donors (Lipinski definition) is 3. The van der Waals surface area contributed by atoms with Crippen molar-refractivity contribution in [3.05, 3.63) is 67.5 Å². The first-order chi connectivity index (χ1) is 14.1. The molecule has 3 N–H and O–H groups in total. The summed E-state index contributed by atoms with van der Waals surface area (Å²) in [7, 11) is 0. The summed E-state index contributed by atoms with van der Waals surface area (Å²) in [4.78, 5) is 40.8. The van der Waals surface area contributed by atoms with Crippen LogP contribution in [0.1, 0.15) is 58.5 Å². The summed E-state index contributed by atoms with van der Waals surface area (Å²) in [6.07, 6.45) is 4.92. The lowest BCUT2D eigenvalue weighted by Gasteiger charge is -2.43. The molecule has 29 heavy (non-hydrogen) atoms. The SMILES string of the molecule is O=C(NC[C@H]1[C@@H]2CNC[C@@H](C2)c2cccc(=O)n21)c1cc2c([nH]c1=O)CCCC2. The number of fused-ring (bicyclic) bond motifs is 5. The predicted molar refractivity (Wildman–Crippen MR) is 109 cm³/mol. The van der Waals surface area contributed by atoms with E-state index in [2.05, 4.69) is 15.6 Å². The fourth-order valence-corrected chi connectivity index (χ4v) is 5.30. The third kappa shape index (κ3) is 3.23. The van der Waals surface area contributed by atoms with Crippen LogP contribution in [-0.4, -0.2) is 35.1 Å². The van der Waals surface area contributed by atoms with Crippen LogP contribution in [0.3, 0.4) is 0 Å². The minimum absolute atomic E-state index is 0.0232. The number of hydrogen-bond acceptors (Lipinski definition) is 4. The Morgan fingerprint density at radius 3 is 2.93 bits per heavy atom. The van der Waals surface area contributed by atoms with E-state index in [1.54, 1.807) is 12.1 Å². The van der Waals surface area contributed by atoms with E-state index in [0.717, 1.165) is 62.1 Å². The van der Waals surface area contributed by atoms with E-state index in [1.165, 1.54) is 0 Å². The lowest BCUT2D eigenvalue weighted by atomic mass is 9.79. The van der Waals surface area contributed by atoms with E-state index in [1.807, 2.05) is 16.7 Å². The predicted octanol–water partition coefficient (Wildman–Crippen LogP) is 1.09. The van der Waals surface area contributed by atoms with Crippen molar-refractivity contribution in [1.82, 2.24) is 20.2 Å². The fourth-order valence-electron chi connectivity index (χ4n) is 5.30. The Morgan fingerprint density at radius 2 is 2.03 bits per heavy atom. The zero-order chi connectivity index (χ0) is 20.0. The Balaban J connectivity index is 1.40. The summed E-state index contributed by atoms with van der Waals surface area (Å²) >= 11 is 0. The molecule has 1 amide bonds. The highest BCUT2D eigenvalue weighted by Gasteiger charge is 2.37. The minimum atomic E-state index is -0.365. The summed E-state index contributed by atoms with van der Waals surface area (Å²) in [5.41, 5.74) is 2.88. The third-order valence-corrected chi connectivity index (χ3v) is 6.75. The average Bonchev–Trinajstić information content (AvgIpc) is 2.73. The maximum atomic E-state index is 12.8. The molecule has 0 saturated carbocycles. The normalized spacial score (nSPS) is 25.0. The lowest BCUT2D eigenvalue weighted by Crippen LogP contribution is -2.50. The van der Waals surface area contributed by atoms with Gasteiger partial charge in [-0.15, -0.1) is 0 Å². The minimum Gasteiger partial charge on any atom is -0.350 e. The number of amides is 1. The molecule has 0 aromatic carbocycles. The molecule has 1 saturated heterocycles. The number of rotatable bonds is 3. The molecule has 152 valence electrons. The molecule has 1 aliphatic carbocycles. The maximum Gasteiger partial charge on any atom is 0.261 e. The van der Waals surface area contributed by atoms with Crippen molar-refractivity contribution in [3.63, 3.8) is 0 Å². The molecule has 5 rings (SSSR count). The summed E-state index contributed by atoms with van der Waals surface area (Å²) in [5.74, 6) is 0.248. The van der Waals surface area contributed by atoms with Gasteiger partial charge >= 0.3 is 0 Å². The van der Waals surface area contributed by atoms with E-state index >= 15 is 0 Å². The number of H-pyrrole nitrogens is 1. The van der Waals surface area contributed by atoms with Gasteiger partial charge in [-0.05, 0) is 55.7 Å². The van der Waals surface area contributed by atoms with Crippen molar-refractivity contribution >= 4 is 5.91 Å². The number of carbonyl (C=O) groups excluding carboxylic acids is 1. The quantitative estimate of drug-likeness (QED) is 0.726. The second-order valence-corrected chi connectivity index (χ2v) is 8.51. The second-order valence-electron chi connectivity index (χ2n) is 8.51. The first-order valence-electron chi connectivity index (χ1n) is 10.6. The molecule has 0 spiro atoms. The van der Waals surface area contributed by atoms with Gasteiger partial charge in [0.2, 0.25) is 0 Å². The average molecular weight is 394 g/mol. The van der Waals surface area contributed by atoms with E-state index in [9.17, 15) is 14.4 Å². The number of aromatic amines is 1. The Morgan fingerprint density at radius 1 is 1.17 bits per heavy atom. The summed E-state index contributed by atoms with van der Waals surface area (Å²) in [6, 6.07) is 7.05. The van der Waals surface area contributed by atoms with Crippen LogP contribution in [0.4, 0.5) is 0 Å². The molecule has 1 fully saturated rings. The number of piperidine rings is 1. The summed E-state index contributed by atoms with van der Waals surface area (Å²) in [5, 5.41) is 6.40. The van der Waals surface area contributed by atoms with E-state index < -0.39 is 0 Å². The zero-order valence-electron chi connectivity index (χ0n) is 16.4. The standard InChI is InChI=1S/C22H26N4O3/c27-20-7-3-6-18-14-8-15(11-23-10-14)19(26(18)20)12-24-21(28)16-9-13-4-1-2-5-17(13)25-22(16)29/h3,6-7,9,14-15,19,23H,1-2,4-5,8,10-12H2,(H,24,28)(H,25,29)/t14-,15+,19+/m1/s1. The van der Waals surface area contributed by atoms with Gasteiger partial charge in [0.25, 0.3) is 17.0 Å². The van der Waals surface area contributed by atoms with Crippen molar-refractivity contribution in [2.75, 3.05) is 19.6 Å². The highest BCUT2D eigenvalue weighted by molar-refractivity contribution is 5.94. The Bertz CT molecular complexity index is 1070. The lowest BCUT2D eigenvalue weighted by molar-refractivity contribution is 0.0930.